The van der Waals surface area contributed by atoms with Gasteiger partial charge >= 0.3 is 0 Å². The molecule has 3 nitrogen and oxygen atoms in total. The molecule has 0 aliphatic heterocycles. The Balaban J connectivity index is 2.44. The number of benzene rings is 1. The fraction of sp³-hybridized carbons (Fsp3) is 0.312. The van der Waals surface area contributed by atoms with Gasteiger partial charge < -0.3 is 11.1 Å². The van der Waals surface area contributed by atoms with Crippen LogP contribution in [-0.4, -0.2) is 11.5 Å². The highest BCUT2D eigenvalue weighted by molar-refractivity contribution is 5.47. The molecule has 1 aromatic carbocycles. The van der Waals surface area contributed by atoms with Crippen LogP contribution in [0.4, 0.5) is 5.82 Å². The first-order valence-corrected chi connectivity index (χ1v) is 6.63. The standard InChI is InChI=1S/C16H21N3/c1-4-18-15(13-7-5-11(2)6-8-13)14-9-12(3)10-19-16(14)17/h5-10,15,18H,4H2,1-3H3,(H2,17,19). The van der Waals surface area contributed by atoms with E-state index in [0.717, 1.165) is 17.7 Å². The van der Waals surface area contributed by atoms with Gasteiger partial charge in [-0.3, -0.25) is 0 Å². The van der Waals surface area contributed by atoms with Gasteiger partial charge in [-0.15, -0.1) is 0 Å². The molecule has 100 valence electrons. The van der Waals surface area contributed by atoms with E-state index in [1.807, 2.05) is 6.92 Å². The molecule has 1 aromatic heterocycles. The maximum Gasteiger partial charge on any atom is 0.128 e. The predicted octanol–water partition coefficient (Wildman–Crippen LogP) is 2.98. The molecule has 0 radical (unpaired) electrons. The maximum atomic E-state index is 6.04. The average Bonchev–Trinajstić information content (AvgIpc) is 2.40. The van der Waals surface area contributed by atoms with Crippen molar-refractivity contribution in [2.75, 3.05) is 12.3 Å². The molecule has 0 saturated carbocycles. The van der Waals surface area contributed by atoms with Crippen LogP contribution in [0.15, 0.2) is 36.5 Å². The Labute approximate surface area is 114 Å². The largest absolute Gasteiger partial charge is 0.383 e. The summed E-state index contributed by atoms with van der Waals surface area (Å²) in [4.78, 5) is 4.26. The quantitative estimate of drug-likeness (QED) is 0.883. The number of aryl methyl sites for hydroxylation is 2. The van der Waals surface area contributed by atoms with Crippen LogP contribution in [0.2, 0.25) is 0 Å². The average molecular weight is 255 g/mol. The van der Waals surface area contributed by atoms with Crippen molar-refractivity contribution in [1.82, 2.24) is 10.3 Å². The Kier molecular flexibility index (Phi) is 4.17. The van der Waals surface area contributed by atoms with Gasteiger partial charge in [0.1, 0.15) is 5.82 Å². The summed E-state index contributed by atoms with van der Waals surface area (Å²) < 4.78 is 0. The zero-order valence-electron chi connectivity index (χ0n) is 11.8. The number of aromatic nitrogens is 1. The summed E-state index contributed by atoms with van der Waals surface area (Å²) >= 11 is 0. The molecule has 0 aliphatic rings. The number of hydrogen-bond acceptors (Lipinski definition) is 3. The highest BCUT2D eigenvalue weighted by Crippen LogP contribution is 2.26. The van der Waals surface area contributed by atoms with E-state index >= 15 is 0 Å². The maximum absolute atomic E-state index is 6.04. The van der Waals surface area contributed by atoms with Crippen LogP contribution in [-0.2, 0) is 0 Å². The van der Waals surface area contributed by atoms with Crippen molar-refractivity contribution >= 4 is 5.82 Å². The molecular weight excluding hydrogens is 234 g/mol. The number of rotatable bonds is 4. The molecule has 0 aliphatic carbocycles. The lowest BCUT2D eigenvalue weighted by molar-refractivity contribution is 0.630. The number of anilines is 1. The van der Waals surface area contributed by atoms with E-state index in [2.05, 4.69) is 54.5 Å². The first-order chi connectivity index (χ1) is 9.11. The molecule has 0 amide bonds. The molecule has 2 aromatic rings. The smallest absolute Gasteiger partial charge is 0.128 e. The van der Waals surface area contributed by atoms with Crippen LogP contribution in [0.1, 0.15) is 35.2 Å². The van der Waals surface area contributed by atoms with Gasteiger partial charge in [0.2, 0.25) is 0 Å². The van der Waals surface area contributed by atoms with Crippen LogP contribution in [0, 0.1) is 13.8 Å². The second kappa shape index (κ2) is 5.85. The number of hydrogen-bond donors (Lipinski definition) is 2. The summed E-state index contributed by atoms with van der Waals surface area (Å²) in [5.41, 5.74) is 10.7. The van der Waals surface area contributed by atoms with Gasteiger partial charge in [-0.25, -0.2) is 4.98 Å². The summed E-state index contributed by atoms with van der Waals surface area (Å²) in [6, 6.07) is 10.7. The molecule has 0 saturated heterocycles. The van der Waals surface area contributed by atoms with E-state index in [0.29, 0.717) is 5.82 Å². The van der Waals surface area contributed by atoms with Crippen LogP contribution in [0.3, 0.4) is 0 Å². The van der Waals surface area contributed by atoms with E-state index in [9.17, 15) is 0 Å². The van der Waals surface area contributed by atoms with Crippen molar-refractivity contribution in [2.45, 2.75) is 26.8 Å². The zero-order valence-corrected chi connectivity index (χ0v) is 11.8. The monoisotopic (exact) mass is 255 g/mol. The molecule has 0 spiro atoms. The number of nitrogen functional groups attached to an aromatic ring is 1. The van der Waals surface area contributed by atoms with Crippen LogP contribution >= 0.6 is 0 Å². The number of nitrogens with zero attached hydrogens (tertiary/aromatic N) is 1. The molecule has 0 bridgehead atoms. The van der Waals surface area contributed by atoms with Gasteiger partial charge in [-0.1, -0.05) is 36.8 Å². The first-order valence-electron chi connectivity index (χ1n) is 6.63. The SMILES string of the molecule is CCNC(c1ccc(C)cc1)c1cc(C)cnc1N. The van der Waals surface area contributed by atoms with E-state index < -0.39 is 0 Å². The predicted molar refractivity (Wildman–Crippen MR) is 80.1 cm³/mol. The third-order valence-electron chi connectivity index (χ3n) is 3.22. The summed E-state index contributed by atoms with van der Waals surface area (Å²) in [6.07, 6.45) is 1.80. The lowest BCUT2D eigenvalue weighted by Crippen LogP contribution is -2.23. The van der Waals surface area contributed by atoms with Gasteiger partial charge in [0.05, 0.1) is 6.04 Å². The Morgan fingerprint density at radius 2 is 1.84 bits per heavy atom. The zero-order chi connectivity index (χ0) is 13.8. The van der Waals surface area contributed by atoms with Crippen molar-refractivity contribution in [3.63, 3.8) is 0 Å². The van der Waals surface area contributed by atoms with Crippen LogP contribution in [0.5, 0.6) is 0 Å². The Morgan fingerprint density at radius 3 is 2.47 bits per heavy atom. The molecule has 1 atom stereocenters. The number of pyridine rings is 1. The van der Waals surface area contributed by atoms with Crippen LogP contribution in [0.25, 0.3) is 0 Å². The second-order valence-electron chi connectivity index (χ2n) is 4.89. The number of nitrogens with one attached hydrogen (secondary N) is 1. The Morgan fingerprint density at radius 1 is 1.16 bits per heavy atom. The normalized spacial score (nSPS) is 12.4. The molecule has 19 heavy (non-hydrogen) atoms. The van der Waals surface area contributed by atoms with Gasteiger partial charge in [0.25, 0.3) is 0 Å². The lowest BCUT2D eigenvalue weighted by Gasteiger charge is -2.20. The number of nitrogens with two attached hydrogens (primary N) is 1. The molecule has 3 N–H and O–H groups in total. The third kappa shape index (κ3) is 3.12. The van der Waals surface area contributed by atoms with E-state index in [-0.39, 0.29) is 6.04 Å². The summed E-state index contributed by atoms with van der Waals surface area (Å²) in [5.74, 6) is 0.595. The van der Waals surface area contributed by atoms with Gasteiger partial charge in [0.15, 0.2) is 0 Å². The molecule has 1 unspecified atom stereocenters. The molecule has 0 fully saturated rings. The van der Waals surface area contributed by atoms with Crippen LogP contribution < -0.4 is 11.1 Å². The third-order valence-corrected chi connectivity index (χ3v) is 3.22. The highest BCUT2D eigenvalue weighted by Gasteiger charge is 2.16. The Bertz CT molecular complexity index is 546. The van der Waals surface area contributed by atoms with E-state index in [4.69, 9.17) is 5.73 Å². The Hall–Kier alpha value is -1.87. The summed E-state index contributed by atoms with van der Waals surface area (Å²) in [5, 5.41) is 3.48. The van der Waals surface area contributed by atoms with Crippen molar-refractivity contribution in [2.24, 2.45) is 0 Å². The summed E-state index contributed by atoms with van der Waals surface area (Å²) in [7, 11) is 0. The lowest BCUT2D eigenvalue weighted by atomic mass is 9.97. The van der Waals surface area contributed by atoms with Gasteiger partial charge in [0, 0.05) is 11.8 Å². The minimum atomic E-state index is 0.0954. The van der Waals surface area contributed by atoms with Crippen molar-refractivity contribution in [3.8, 4) is 0 Å². The topological polar surface area (TPSA) is 50.9 Å². The van der Waals surface area contributed by atoms with Crippen molar-refractivity contribution < 1.29 is 0 Å². The van der Waals surface area contributed by atoms with Crippen molar-refractivity contribution in [1.29, 1.82) is 0 Å². The van der Waals surface area contributed by atoms with E-state index in [1.165, 1.54) is 11.1 Å². The van der Waals surface area contributed by atoms with Gasteiger partial charge in [-0.2, -0.15) is 0 Å². The van der Waals surface area contributed by atoms with Crippen molar-refractivity contribution in [3.05, 3.63) is 58.8 Å². The van der Waals surface area contributed by atoms with E-state index in [1.54, 1.807) is 6.20 Å². The second-order valence-corrected chi connectivity index (χ2v) is 4.89. The van der Waals surface area contributed by atoms with Gasteiger partial charge in [-0.05, 0) is 37.6 Å². The molecule has 1 heterocycles. The molecule has 2 rings (SSSR count). The fourth-order valence-electron chi connectivity index (χ4n) is 2.20. The first kappa shape index (κ1) is 13.6. The highest BCUT2D eigenvalue weighted by atomic mass is 14.9. The fourth-order valence-corrected chi connectivity index (χ4v) is 2.20. The minimum absolute atomic E-state index is 0.0954. The minimum Gasteiger partial charge on any atom is -0.383 e. The molecule has 3 heteroatoms. The summed E-state index contributed by atoms with van der Waals surface area (Å²) in [6.45, 7) is 7.11. The molecular formula is C16H21N3.